The van der Waals surface area contributed by atoms with Gasteiger partial charge < -0.3 is 9.15 Å². The van der Waals surface area contributed by atoms with Gasteiger partial charge in [0.15, 0.2) is 0 Å². The highest BCUT2D eigenvalue weighted by Crippen LogP contribution is 2.24. The highest BCUT2D eigenvalue weighted by atomic mass is 16.5. The average Bonchev–Trinajstić information content (AvgIpc) is 2.35. The van der Waals surface area contributed by atoms with Crippen LogP contribution in [0.25, 0.3) is 11.0 Å². The average molecular weight is 244 g/mol. The summed E-state index contributed by atoms with van der Waals surface area (Å²) in [6.45, 7) is 6.22. The molecule has 2 aromatic rings. The first-order valence-corrected chi connectivity index (χ1v) is 5.99. The normalized spacial score (nSPS) is 10.5. The summed E-state index contributed by atoms with van der Waals surface area (Å²) in [5, 5.41) is 0.841. The van der Waals surface area contributed by atoms with Crippen molar-refractivity contribution in [1.82, 2.24) is 0 Å². The second-order valence-corrected chi connectivity index (χ2v) is 4.21. The molecule has 0 aliphatic carbocycles. The summed E-state index contributed by atoms with van der Waals surface area (Å²) >= 11 is 0. The zero-order valence-electron chi connectivity index (χ0n) is 10.4. The van der Waals surface area contributed by atoms with Crippen LogP contribution >= 0.6 is 0 Å². The van der Waals surface area contributed by atoms with Crippen molar-refractivity contribution < 1.29 is 9.15 Å². The van der Waals surface area contributed by atoms with Crippen molar-refractivity contribution in [2.75, 3.05) is 6.61 Å². The van der Waals surface area contributed by atoms with Gasteiger partial charge >= 0.3 is 5.63 Å². The first-order valence-electron chi connectivity index (χ1n) is 5.99. The van der Waals surface area contributed by atoms with Crippen molar-refractivity contribution in [3.8, 4) is 5.75 Å². The van der Waals surface area contributed by atoms with Gasteiger partial charge in [-0.15, -0.1) is 6.58 Å². The number of ether oxygens (including phenoxy) is 1. The molecule has 0 N–H and O–H groups in total. The van der Waals surface area contributed by atoms with Crippen LogP contribution in [0.2, 0.25) is 0 Å². The third kappa shape index (κ3) is 2.80. The Balaban J connectivity index is 2.32. The molecule has 0 bridgehead atoms. The quantitative estimate of drug-likeness (QED) is 0.459. The Hall–Kier alpha value is -2.03. The highest BCUT2D eigenvalue weighted by Gasteiger charge is 2.06. The molecule has 18 heavy (non-hydrogen) atoms. The van der Waals surface area contributed by atoms with Gasteiger partial charge in [-0.05, 0) is 31.9 Å². The van der Waals surface area contributed by atoms with Crippen LogP contribution in [0, 0.1) is 6.92 Å². The van der Waals surface area contributed by atoms with E-state index < -0.39 is 0 Å². The van der Waals surface area contributed by atoms with Crippen molar-refractivity contribution >= 4 is 11.0 Å². The second-order valence-electron chi connectivity index (χ2n) is 4.21. The minimum atomic E-state index is -0.384. The summed E-state index contributed by atoms with van der Waals surface area (Å²) in [6, 6.07) is 7.06. The van der Waals surface area contributed by atoms with Crippen molar-refractivity contribution in [3.63, 3.8) is 0 Å². The van der Waals surface area contributed by atoms with E-state index in [1.807, 2.05) is 25.1 Å². The number of fused-ring (bicyclic) bond motifs is 1. The molecule has 0 radical (unpaired) electrons. The van der Waals surface area contributed by atoms with Gasteiger partial charge in [-0.2, -0.15) is 0 Å². The van der Waals surface area contributed by atoms with Crippen molar-refractivity contribution in [1.29, 1.82) is 0 Å². The summed E-state index contributed by atoms with van der Waals surface area (Å²) in [5.74, 6) is 0.592. The molecule has 1 aromatic heterocycles. The predicted octanol–water partition coefficient (Wildman–Crippen LogP) is 3.45. The van der Waals surface area contributed by atoms with Gasteiger partial charge in [0.05, 0.1) is 18.1 Å². The first kappa shape index (κ1) is 12.4. The molecular weight excluding hydrogens is 228 g/mol. The molecule has 0 aliphatic heterocycles. The van der Waals surface area contributed by atoms with Gasteiger partial charge in [0.1, 0.15) is 11.3 Å². The van der Waals surface area contributed by atoms with E-state index in [1.165, 1.54) is 6.07 Å². The maximum Gasteiger partial charge on any atom is 0.339 e. The van der Waals surface area contributed by atoms with Crippen LogP contribution in [0.4, 0.5) is 0 Å². The lowest BCUT2D eigenvalue weighted by molar-refractivity contribution is 0.313. The molecule has 94 valence electrons. The van der Waals surface area contributed by atoms with Crippen LogP contribution < -0.4 is 10.4 Å². The van der Waals surface area contributed by atoms with Crippen LogP contribution in [0.5, 0.6) is 5.75 Å². The Morgan fingerprint density at radius 1 is 1.39 bits per heavy atom. The van der Waals surface area contributed by atoms with Crippen molar-refractivity contribution in [2.45, 2.75) is 19.8 Å². The van der Waals surface area contributed by atoms with Crippen molar-refractivity contribution in [3.05, 3.63) is 52.9 Å². The lowest BCUT2D eigenvalue weighted by Gasteiger charge is -2.08. The number of rotatable bonds is 5. The lowest BCUT2D eigenvalue weighted by atomic mass is 10.1. The molecule has 0 saturated heterocycles. The molecule has 0 unspecified atom stereocenters. The third-order valence-corrected chi connectivity index (χ3v) is 2.67. The molecule has 3 heteroatoms. The summed E-state index contributed by atoms with van der Waals surface area (Å²) in [4.78, 5) is 11.4. The Morgan fingerprint density at radius 3 is 3.00 bits per heavy atom. The Kier molecular flexibility index (Phi) is 3.82. The molecular formula is C15H16O3. The molecule has 0 atom stereocenters. The maximum absolute atomic E-state index is 11.4. The minimum Gasteiger partial charge on any atom is -0.493 e. The van der Waals surface area contributed by atoms with Gasteiger partial charge in [0.25, 0.3) is 0 Å². The van der Waals surface area contributed by atoms with E-state index in [-0.39, 0.29) is 5.63 Å². The summed E-state index contributed by atoms with van der Waals surface area (Å²) in [6.07, 6.45) is 3.64. The Bertz CT molecular complexity index is 611. The van der Waals surface area contributed by atoms with Gasteiger partial charge in [-0.1, -0.05) is 17.7 Å². The first-order chi connectivity index (χ1) is 8.70. The van der Waals surface area contributed by atoms with E-state index >= 15 is 0 Å². The minimum absolute atomic E-state index is 0.384. The highest BCUT2D eigenvalue weighted by molar-refractivity contribution is 5.83. The lowest BCUT2D eigenvalue weighted by Crippen LogP contribution is -2.03. The van der Waals surface area contributed by atoms with Crippen LogP contribution in [-0.2, 0) is 0 Å². The van der Waals surface area contributed by atoms with E-state index in [9.17, 15) is 4.79 Å². The standard InChI is InChI=1S/C15H16O3/c1-3-4-5-8-17-14-10-15(16)18-13-7-6-11(2)9-12(13)14/h3,6-7,9-10H,1,4-5,8H2,2H3. The van der Waals surface area contributed by atoms with Gasteiger partial charge in [-0.25, -0.2) is 4.79 Å². The fourth-order valence-corrected chi connectivity index (χ4v) is 1.78. The number of allylic oxidation sites excluding steroid dienone is 1. The topological polar surface area (TPSA) is 39.4 Å². The third-order valence-electron chi connectivity index (χ3n) is 2.67. The van der Waals surface area contributed by atoms with Crippen LogP contribution in [0.1, 0.15) is 18.4 Å². The molecule has 0 saturated carbocycles. The molecule has 0 fully saturated rings. The molecule has 1 heterocycles. The van der Waals surface area contributed by atoms with E-state index in [2.05, 4.69) is 6.58 Å². The molecule has 2 rings (SSSR count). The second kappa shape index (κ2) is 5.54. The van der Waals surface area contributed by atoms with Gasteiger partial charge in [0.2, 0.25) is 0 Å². The maximum atomic E-state index is 11.4. The molecule has 0 amide bonds. The van der Waals surface area contributed by atoms with E-state index in [0.29, 0.717) is 17.9 Å². The van der Waals surface area contributed by atoms with Crippen molar-refractivity contribution in [2.24, 2.45) is 0 Å². The Morgan fingerprint density at radius 2 is 2.22 bits per heavy atom. The number of hydrogen-bond donors (Lipinski definition) is 0. The van der Waals surface area contributed by atoms with E-state index in [0.717, 1.165) is 23.8 Å². The van der Waals surface area contributed by atoms with E-state index in [4.69, 9.17) is 9.15 Å². The fourth-order valence-electron chi connectivity index (χ4n) is 1.78. The van der Waals surface area contributed by atoms with Crippen LogP contribution in [-0.4, -0.2) is 6.61 Å². The summed E-state index contributed by atoms with van der Waals surface area (Å²) < 4.78 is 10.8. The molecule has 0 spiro atoms. The number of benzene rings is 1. The van der Waals surface area contributed by atoms with Crippen LogP contribution in [0.15, 0.2) is 46.1 Å². The number of unbranched alkanes of at least 4 members (excludes halogenated alkanes) is 1. The summed E-state index contributed by atoms with van der Waals surface area (Å²) in [7, 11) is 0. The monoisotopic (exact) mass is 244 g/mol. The number of aryl methyl sites for hydroxylation is 1. The van der Waals surface area contributed by atoms with Crippen LogP contribution in [0.3, 0.4) is 0 Å². The van der Waals surface area contributed by atoms with Gasteiger partial charge in [-0.3, -0.25) is 0 Å². The van der Waals surface area contributed by atoms with Gasteiger partial charge in [0, 0.05) is 0 Å². The van der Waals surface area contributed by atoms with E-state index in [1.54, 1.807) is 6.07 Å². The molecule has 0 aliphatic rings. The number of hydrogen-bond acceptors (Lipinski definition) is 3. The molecule has 3 nitrogen and oxygen atoms in total. The zero-order chi connectivity index (χ0) is 13.0. The largest absolute Gasteiger partial charge is 0.493 e. The summed E-state index contributed by atoms with van der Waals surface area (Å²) in [5.41, 5.74) is 1.28. The zero-order valence-corrected chi connectivity index (χ0v) is 10.4. The Labute approximate surface area is 106 Å². The SMILES string of the molecule is C=CCCCOc1cc(=O)oc2ccc(C)cc12. The predicted molar refractivity (Wildman–Crippen MR) is 72.1 cm³/mol. The molecule has 1 aromatic carbocycles. The smallest absolute Gasteiger partial charge is 0.339 e. The fraction of sp³-hybridized carbons (Fsp3) is 0.267.